The van der Waals surface area contributed by atoms with Crippen molar-refractivity contribution in [3.63, 3.8) is 0 Å². The van der Waals surface area contributed by atoms with Crippen molar-refractivity contribution in [3.8, 4) is 0 Å². The number of likely N-dealkylation sites (N-methyl/N-ethyl adjacent to an activating group) is 1. The zero-order chi connectivity index (χ0) is 25.8. The van der Waals surface area contributed by atoms with Gasteiger partial charge in [0.15, 0.2) is 11.5 Å². The number of ketones is 1. The lowest BCUT2D eigenvalue weighted by Gasteiger charge is -2.32. The molecular formula is C28H27N3O5. The van der Waals surface area contributed by atoms with Crippen molar-refractivity contribution in [1.29, 1.82) is 0 Å². The van der Waals surface area contributed by atoms with Crippen LogP contribution in [0.4, 0.5) is 11.4 Å². The number of fused-ring (bicyclic) bond motifs is 1. The number of nitro benzene ring substituents is 1. The highest BCUT2D eigenvalue weighted by molar-refractivity contribution is 6.21. The molecule has 184 valence electrons. The van der Waals surface area contributed by atoms with Gasteiger partial charge in [0.1, 0.15) is 5.76 Å². The number of benzene rings is 2. The first-order valence-corrected chi connectivity index (χ1v) is 11.6. The minimum atomic E-state index is -0.444. The zero-order valence-electron chi connectivity index (χ0n) is 20.8. The van der Waals surface area contributed by atoms with Crippen LogP contribution in [-0.2, 0) is 19.7 Å². The first-order chi connectivity index (χ1) is 17.1. The summed E-state index contributed by atoms with van der Waals surface area (Å²) in [7, 11) is 5.42. The average Bonchev–Trinajstić information content (AvgIpc) is 3.32. The lowest BCUT2D eigenvalue weighted by molar-refractivity contribution is -0.384. The summed E-state index contributed by atoms with van der Waals surface area (Å²) in [6.07, 6.45) is 5.45. The fourth-order valence-electron chi connectivity index (χ4n) is 5.12. The third kappa shape index (κ3) is 3.57. The molecule has 1 aliphatic carbocycles. The topological polar surface area (TPSA) is 85.1 Å². The first-order valence-electron chi connectivity index (χ1n) is 11.6. The molecule has 1 unspecified atom stereocenters. The summed E-state index contributed by atoms with van der Waals surface area (Å²) in [6.45, 7) is 4.37. The monoisotopic (exact) mass is 485 g/mol. The van der Waals surface area contributed by atoms with E-state index in [4.69, 9.17) is 9.47 Å². The number of ether oxygens (including phenoxy) is 2. The van der Waals surface area contributed by atoms with Gasteiger partial charge in [-0.25, -0.2) is 0 Å². The number of anilines is 1. The van der Waals surface area contributed by atoms with E-state index >= 15 is 0 Å². The van der Waals surface area contributed by atoms with Gasteiger partial charge in [0.2, 0.25) is 5.88 Å². The Labute approximate surface area is 209 Å². The van der Waals surface area contributed by atoms with Crippen LogP contribution < -0.4 is 4.90 Å². The molecule has 36 heavy (non-hydrogen) atoms. The Hall–Kier alpha value is -4.33. The van der Waals surface area contributed by atoms with E-state index in [0.717, 1.165) is 5.69 Å². The van der Waals surface area contributed by atoms with E-state index in [2.05, 4.69) is 30.9 Å². The number of Topliss-reactive ketones (excluding diaryl/α,β-unsaturated/α-hetero) is 1. The van der Waals surface area contributed by atoms with E-state index in [0.29, 0.717) is 34.1 Å². The van der Waals surface area contributed by atoms with E-state index in [1.807, 2.05) is 32.3 Å². The van der Waals surface area contributed by atoms with Gasteiger partial charge in [0, 0.05) is 49.0 Å². The zero-order valence-corrected chi connectivity index (χ0v) is 20.8. The molecule has 2 aromatic rings. The summed E-state index contributed by atoms with van der Waals surface area (Å²) in [5.74, 6) is 1.44. The molecular weight excluding hydrogens is 458 g/mol. The number of rotatable bonds is 5. The van der Waals surface area contributed by atoms with E-state index in [1.165, 1.54) is 17.7 Å². The van der Waals surface area contributed by atoms with Crippen LogP contribution in [0.2, 0.25) is 0 Å². The maximum absolute atomic E-state index is 13.2. The van der Waals surface area contributed by atoms with Crippen molar-refractivity contribution in [2.45, 2.75) is 25.3 Å². The fourth-order valence-corrected chi connectivity index (χ4v) is 5.12. The van der Waals surface area contributed by atoms with Crippen LogP contribution in [0.5, 0.6) is 0 Å². The molecule has 8 nitrogen and oxygen atoms in total. The molecule has 0 N–H and O–H groups in total. The fraction of sp³-hybridized carbons (Fsp3) is 0.250. The molecule has 0 spiro atoms. The SMILES string of the molecule is COC1=C(C=C2OC(c3ccc([N+](=O)[O-])cc3)=CN2C)C(=O)C1=CC1N(C)c2ccccc2C1(C)C. The largest absolute Gasteiger partial charge is 0.495 e. The van der Waals surface area contributed by atoms with Crippen LogP contribution in [0.15, 0.2) is 89.7 Å². The lowest BCUT2D eigenvalue weighted by Crippen LogP contribution is -2.39. The molecule has 5 rings (SSSR count). The van der Waals surface area contributed by atoms with Gasteiger partial charge in [0.25, 0.3) is 5.69 Å². The summed E-state index contributed by atoms with van der Waals surface area (Å²) >= 11 is 0. The number of nitrogens with zero attached hydrogens (tertiary/aromatic N) is 3. The Morgan fingerprint density at radius 1 is 1.11 bits per heavy atom. The van der Waals surface area contributed by atoms with Crippen LogP contribution in [0.3, 0.4) is 0 Å². The Balaban J connectivity index is 1.41. The highest BCUT2D eigenvalue weighted by Gasteiger charge is 2.44. The molecule has 3 aliphatic rings. The molecule has 0 saturated heterocycles. The van der Waals surface area contributed by atoms with Gasteiger partial charge < -0.3 is 19.3 Å². The minimum absolute atomic E-state index is 0.00554. The van der Waals surface area contributed by atoms with Crippen molar-refractivity contribution >= 4 is 22.9 Å². The number of hydrogen-bond acceptors (Lipinski definition) is 7. The van der Waals surface area contributed by atoms with E-state index in [9.17, 15) is 14.9 Å². The quantitative estimate of drug-likeness (QED) is 0.338. The van der Waals surface area contributed by atoms with E-state index in [1.54, 1.807) is 36.4 Å². The van der Waals surface area contributed by atoms with Gasteiger partial charge in [-0.1, -0.05) is 32.0 Å². The summed E-state index contributed by atoms with van der Waals surface area (Å²) in [5.41, 5.74) is 3.94. The number of para-hydroxylation sites is 1. The lowest BCUT2D eigenvalue weighted by atomic mass is 9.77. The Kier molecular flexibility index (Phi) is 5.47. The molecule has 0 radical (unpaired) electrons. The van der Waals surface area contributed by atoms with Gasteiger partial charge in [-0.05, 0) is 29.8 Å². The van der Waals surface area contributed by atoms with Crippen molar-refractivity contribution in [2.75, 3.05) is 26.1 Å². The molecule has 1 atom stereocenters. The highest BCUT2D eigenvalue weighted by Crippen LogP contribution is 2.46. The average molecular weight is 486 g/mol. The molecule has 0 bridgehead atoms. The second-order valence-electron chi connectivity index (χ2n) is 9.64. The molecule has 8 heteroatoms. The number of hydrogen-bond donors (Lipinski definition) is 0. The van der Waals surface area contributed by atoms with Gasteiger partial charge in [-0.2, -0.15) is 0 Å². The van der Waals surface area contributed by atoms with Crippen LogP contribution in [0, 0.1) is 10.1 Å². The Morgan fingerprint density at radius 2 is 1.81 bits per heavy atom. The normalized spacial score (nSPS) is 22.5. The highest BCUT2D eigenvalue weighted by atomic mass is 16.6. The molecule has 2 aliphatic heterocycles. The second-order valence-corrected chi connectivity index (χ2v) is 9.64. The van der Waals surface area contributed by atoms with Gasteiger partial charge >= 0.3 is 0 Å². The molecule has 0 aromatic heterocycles. The Bertz CT molecular complexity index is 1400. The molecule has 2 aromatic carbocycles. The summed E-state index contributed by atoms with van der Waals surface area (Å²) in [6, 6.07) is 14.4. The van der Waals surface area contributed by atoms with E-state index < -0.39 is 4.92 Å². The molecule has 0 fully saturated rings. The number of nitro groups is 1. The summed E-state index contributed by atoms with van der Waals surface area (Å²) in [4.78, 5) is 27.7. The van der Waals surface area contributed by atoms with Gasteiger partial charge in [-0.15, -0.1) is 0 Å². The summed E-state index contributed by atoms with van der Waals surface area (Å²) < 4.78 is 11.6. The number of carbonyl (C=O) groups excluding carboxylic acids is 1. The molecule has 0 amide bonds. The van der Waals surface area contributed by atoms with Crippen LogP contribution in [-0.4, -0.2) is 42.9 Å². The number of carbonyl (C=O) groups is 1. The van der Waals surface area contributed by atoms with Crippen molar-refractivity contribution in [3.05, 3.63) is 111 Å². The number of methoxy groups -OCH3 is 1. The maximum atomic E-state index is 13.2. The van der Waals surface area contributed by atoms with Crippen molar-refractivity contribution in [2.24, 2.45) is 0 Å². The van der Waals surface area contributed by atoms with Gasteiger partial charge in [-0.3, -0.25) is 14.9 Å². The molecule has 2 heterocycles. The Morgan fingerprint density at radius 3 is 2.44 bits per heavy atom. The predicted octanol–water partition coefficient (Wildman–Crippen LogP) is 4.90. The second kappa shape index (κ2) is 8.41. The summed E-state index contributed by atoms with van der Waals surface area (Å²) in [5, 5.41) is 10.9. The number of allylic oxidation sites excluding steroid dienone is 3. The van der Waals surface area contributed by atoms with Crippen LogP contribution in [0.1, 0.15) is 25.0 Å². The minimum Gasteiger partial charge on any atom is -0.495 e. The van der Waals surface area contributed by atoms with E-state index in [-0.39, 0.29) is 22.9 Å². The predicted molar refractivity (Wildman–Crippen MR) is 137 cm³/mol. The van der Waals surface area contributed by atoms with Crippen LogP contribution in [0.25, 0.3) is 5.76 Å². The third-order valence-corrected chi connectivity index (χ3v) is 7.15. The van der Waals surface area contributed by atoms with Crippen molar-refractivity contribution in [1.82, 2.24) is 4.90 Å². The smallest absolute Gasteiger partial charge is 0.269 e. The number of non-ortho nitro benzene ring substituents is 1. The maximum Gasteiger partial charge on any atom is 0.269 e. The third-order valence-electron chi connectivity index (χ3n) is 7.15. The van der Waals surface area contributed by atoms with Crippen LogP contribution >= 0.6 is 0 Å². The van der Waals surface area contributed by atoms with Crippen molar-refractivity contribution < 1.29 is 19.2 Å². The first kappa shape index (κ1) is 23.4. The van der Waals surface area contributed by atoms with Gasteiger partial charge in [0.05, 0.1) is 35.4 Å². The molecule has 0 saturated carbocycles. The standard InChI is InChI=1S/C28H27N3O5/c1-28(2)21-8-6-7-9-22(21)30(4)24(28)14-19-26(32)20(27(19)35-5)15-25-29(3)16-23(36-25)17-10-12-18(13-11-17)31(33)34/h6-16,24H,1-5H3.